The quantitative estimate of drug-likeness (QED) is 0.764. The number of benzene rings is 2. The molecule has 1 N–H and O–H groups in total. The van der Waals surface area contributed by atoms with Gasteiger partial charge in [0.2, 0.25) is 0 Å². The smallest absolute Gasteiger partial charge is 0.175 e. The van der Waals surface area contributed by atoms with Crippen molar-refractivity contribution < 1.29 is 9.63 Å². The van der Waals surface area contributed by atoms with Crippen LogP contribution < -0.4 is 0 Å². The van der Waals surface area contributed by atoms with Gasteiger partial charge in [0.15, 0.2) is 5.58 Å². The van der Waals surface area contributed by atoms with Crippen LogP contribution in [0, 0.1) is 0 Å². The van der Waals surface area contributed by atoms with Gasteiger partial charge in [0.05, 0.1) is 11.3 Å². The maximum Gasteiger partial charge on any atom is 0.175 e. The first-order valence-corrected chi connectivity index (χ1v) is 8.64. The Bertz CT molecular complexity index is 852. The number of phenolic OH excluding ortho intramolecular Hbond substituents is 1. The Hall–Kier alpha value is -2.04. The summed E-state index contributed by atoms with van der Waals surface area (Å²) < 4.78 is 5.60. The number of likely N-dealkylation sites (tertiary alicyclic amines) is 1. The lowest BCUT2D eigenvalue weighted by Crippen LogP contribution is -2.18. The van der Waals surface area contributed by atoms with E-state index in [9.17, 15) is 5.11 Å². The largest absolute Gasteiger partial charge is 0.507 e. The molecule has 1 aromatic heterocycles. The third-order valence-electron chi connectivity index (χ3n) is 4.66. The van der Waals surface area contributed by atoms with Crippen molar-refractivity contribution in [1.82, 2.24) is 10.1 Å². The fourth-order valence-corrected chi connectivity index (χ4v) is 3.47. The second-order valence-electron chi connectivity index (χ2n) is 6.36. The summed E-state index contributed by atoms with van der Waals surface area (Å²) in [6, 6.07) is 11.4. The molecule has 0 unspecified atom stereocenters. The van der Waals surface area contributed by atoms with Crippen LogP contribution in [-0.4, -0.2) is 28.3 Å². The lowest BCUT2D eigenvalue weighted by molar-refractivity contribution is 0.321. The molecule has 24 heavy (non-hydrogen) atoms. The molecule has 0 aliphatic carbocycles. The molecule has 0 saturated carbocycles. The van der Waals surface area contributed by atoms with E-state index in [0.717, 1.165) is 40.3 Å². The molecular weight excluding hydrogens is 324 g/mol. The summed E-state index contributed by atoms with van der Waals surface area (Å²) in [5, 5.41) is 16.2. The van der Waals surface area contributed by atoms with Crippen molar-refractivity contribution >= 4 is 22.6 Å². The third kappa shape index (κ3) is 2.99. The standard InChI is InChI=1S/C19H19ClN2O2/c20-14-5-3-13(4-6-14)11-17-15-7-8-18(23)16(19(15)24-21-17)12-22-9-1-2-10-22/h3-8,23H,1-2,9-12H2. The molecule has 1 saturated heterocycles. The Morgan fingerprint density at radius 1 is 1.08 bits per heavy atom. The van der Waals surface area contributed by atoms with Crippen molar-refractivity contribution in [2.24, 2.45) is 0 Å². The average molecular weight is 343 g/mol. The lowest BCUT2D eigenvalue weighted by atomic mass is 10.0. The highest BCUT2D eigenvalue weighted by atomic mass is 35.5. The molecule has 5 heteroatoms. The summed E-state index contributed by atoms with van der Waals surface area (Å²) in [6.45, 7) is 2.85. The highest BCUT2D eigenvalue weighted by molar-refractivity contribution is 6.30. The minimum Gasteiger partial charge on any atom is -0.507 e. The first-order valence-electron chi connectivity index (χ1n) is 8.26. The minimum absolute atomic E-state index is 0.281. The molecule has 2 aromatic carbocycles. The van der Waals surface area contributed by atoms with Crippen LogP contribution in [0.15, 0.2) is 40.9 Å². The van der Waals surface area contributed by atoms with E-state index in [1.54, 1.807) is 6.07 Å². The normalized spacial score (nSPS) is 15.4. The van der Waals surface area contributed by atoms with E-state index in [2.05, 4.69) is 10.1 Å². The van der Waals surface area contributed by atoms with Crippen molar-refractivity contribution in [3.63, 3.8) is 0 Å². The van der Waals surface area contributed by atoms with Gasteiger partial charge in [-0.25, -0.2) is 0 Å². The van der Waals surface area contributed by atoms with E-state index in [1.807, 2.05) is 30.3 Å². The maximum absolute atomic E-state index is 10.3. The van der Waals surface area contributed by atoms with E-state index in [1.165, 1.54) is 12.8 Å². The number of fused-ring (bicyclic) bond motifs is 1. The van der Waals surface area contributed by atoms with Gasteiger partial charge in [-0.1, -0.05) is 28.9 Å². The van der Waals surface area contributed by atoms with Gasteiger partial charge in [-0.2, -0.15) is 0 Å². The zero-order valence-corrected chi connectivity index (χ0v) is 14.1. The Kier molecular flexibility index (Phi) is 4.17. The fourth-order valence-electron chi connectivity index (χ4n) is 3.34. The van der Waals surface area contributed by atoms with Crippen molar-refractivity contribution in [3.8, 4) is 5.75 Å². The second-order valence-corrected chi connectivity index (χ2v) is 6.79. The van der Waals surface area contributed by atoms with E-state index < -0.39 is 0 Å². The summed E-state index contributed by atoms with van der Waals surface area (Å²) in [4.78, 5) is 2.34. The van der Waals surface area contributed by atoms with Crippen LogP contribution in [0.25, 0.3) is 11.0 Å². The third-order valence-corrected chi connectivity index (χ3v) is 4.91. The monoisotopic (exact) mass is 342 g/mol. The number of phenols is 1. The maximum atomic E-state index is 10.3. The van der Waals surface area contributed by atoms with Crippen molar-refractivity contribution in [2.45, 2.75) is 25.8 Å². The molecule has 1 aliphatic rings. The number of aromatic hydroxyl groups is 1. The van der Waals surface area contributed by atoms with Gasteiger partial charge in [0.1, 0.15) is 5.75 Å². The van der Waals surface area contributed by atoms with Crippen LogP contribution in [0.2, 0.25) is 5.02 Å². The Labute approximate surface area is 145 Å². The highest BCUT2D eigenvalue weighted by Crippen LogP contribution is 2.32. The molecule has 0 atom stereocenters. The number of hydrogen-bond donors (Lipinski definition) is 1. The molecular formula is C19H19ClN2O2. The molecule has 1 fully saturated rings. The van der Waals surface area contributed by atoms with Crippen LogP contribution in [0.1, 0.15) is 29.7 Å². The van der Waals surface area contributed by atoms with Crippen LogP contribution in [0.5, 0.6) is 5.75 Å². The van der Waals surface area contributed by atoms with Crippen LogP contribution in [-0.2, 0) is 13.0 Å². The zero-order valence-electron chi connectivity index (χ0n) is 13.3. The van der Waals surface area contributed by atoms with Gasteiger partial charge in [-0.3, -0.25) is 4.90 Å². The van der Waals surface area contributed by atoms with Crippen LogP contribution in [0.3, 0.4) is 0 Å². The zero-order chi connectivity index (χ0) is 16.5. The molecule has 0 amide bonds. The first kappa shape index (κ1) is 15.5. The molecule has 4 nitrogen and oxygen atoms in total. The number of rotatable bonds is 4. The van der Waals surface area contributed by atoms with Crippen LogP contribution in [0.4, 0.5) is 0 Å². The predicted molar refractivity (Wildman–Crippen MR) is 94.4 cm³/mol. The molecule has 4 rings (SSSR count). The average Bonchev–Trinajstić information content (AvgIpc) is 3.22. The molecule has 124 valence electrons. The van der Waals surface area contributed by atoms with Gasteiger partial charge in [0, 0.05) is 23.4 Å². The van der Waals surface area contributed by atoms with E-state index in [4.69, 9.17) is 16.1 Å². The van der Waals surface area contributed by atoms with Gasteiger partial charge in [-0.15, -0.1) is 0 Å². The van der Waals surface area contributed by atoms with E-state index in [0.29, 0.717) is 18.5 Å². The summed E-state index contributed by atoms with van der Waals surface area (Å²) >= 11 is 5.94. The van der Waals surface area contributed by atoms with Crippen molar-refractivity contribution in [3.05, 3.63) is 58.2 Å². The predicted octanol–water partition coefficient (Wildman–Crippen LogP) is 4.37. The van der Waals surface area contributed by atoms with Gasteiger partial charge in [-0.05, 0) is 55.8 Å². The number of halogens is 1. The Morgan fingerprint density at radius 2 is 1.83 bits per heavy atom. The summed E-state index contributed by atoms with van der Waals surface area (Å²) in [5.74, 6) is 0.281. The topological polar surface area (TPSA) is 49.5 Å². The highest BCUT2D eigenvalue weighted by Gasteiger charge is 2.20. The molecule has 3 aromatic rings. The van der Waals surface area contributed by atoms with Gasteiger partial charge in [0.25, 0.3) is 0 Å². The summed E-state index contributed by atoms with van der Waals surface area (Å²) in [7, 11) is 0. The molecule has 0 spiro atoms. The Balaban J connectivity index is 1.67. The number of nitrogens with zero attached hydrogens (tertiary/aromatic N) is 2. The van der Waals surface area contributed by atoms with Crippen molar-refractivity contribution in [2.75, 3.05) is 13.1 Å². The van der Waals surface area contributed by atoms with Crippen molar-refractivity contribution in [1.29, 1.82) is 0 Å². The molecule has 0 radical (unpaired) electrons. The molecule has 2 heterocycles. The minimum atomic E-state index is 0.281. The number of hydrogen-bond acceptors (Lipinski definition) is 4. The van der Waals surface area contributed by atoms with Crippen LogP contribution >= 0.6 is 11.6 Å². The van der Waals surface area contributed by atoms with E-state index in [-0.39, 0.29) is 5.75 Å². The summed E-state index contributed by atoms with van der Waals surface area (Å²) in [5.41, 5.74) is 3.55. The second kappa shape index (κ2) is 6.46. The lowest BCUT2D eigenvalue weighted by Gasteiger charge is -2.15. The summed E-state index contributed by atoms with van der Waals surface area (Å²) in [6.07, 6.45) is 3.11. The van der Waals surface area contributed by atoms with Gasteiger partial charge >= 0.3 is 0 Å². The number of aromatic nitrogens is 1. The Morgan fingerprint density at radius 3 is 2.58 bits per heavy atom. The van der Waals surface area contributed by atoms with Gasteiger partial charge < -0.3 is 9.63 Å². The molecule has 0 bridgehead atoms. The first-order chi connectivity index (χ1) is 11.7. The fraction of sp³-hybridized carbons (Fsp3) is 0.316. The van der Waals surface area contributed by atoms with E-state index >= 15 is 0 Å². The SMILES string of the molecule is Oc1ccc2c(Cc3ccc(Cl)cc3)noc2c1CN1CCCC1. The molecule has 1 aliphatic heterocycles.